The van der Waals surface area contributed by atoms with E-state index in [0.29, 0.717) is 38.1 Å². The average Bonchev–Trinajstić information content (AvgIpc) is 3.24. The molecule has 0 aliphatic carbocycles. The quantitative estimate of drug-likeness (QED) is 0.534. The molecule has 1 aromatic heterocycles. The molecule has 1 N–H and O–H groups in total. The van der Waals surface area contributed by atoms with Crippen LogP contribution in [0.5, 0.6) is 0 Å². The van der Waals surface area contributed by atoms with Gasteiger partial charge in [0.1, 0.15) is 11.3 Å². The van der Waals surface area contributed by atoms with Crippen LogP contribution in [-0.2, 0) is 32.6 Å². The van der Waals surface area contributed by atoms with Crippen molar-refractivity contribution < 1.29 is 22.3 Å². The molecule has 0 radical (unpaired) electrons. The van der Waals surface area contributed by atoms with E-state index in [-0.39, 0.29) is 29.7 Å². The van der Waals surface area contributed by atoms with E-state index in [1.54, 1.807) is 36.1 Å². The number of benzene rings is 2. The predicted molar refractivity (Wildman–Crippen MR) is 119 cm³/mol. The highest BCUT2D eigenvalue weighted by Gasteiger charge is 2.33. The summed E-state index contributed by atoms with van der Waals surface area (Å²) in [6, 6.07) is 10.6. The third kappa shape index (κ3) is 5.21. The van der Waals surface area contributed by atoms with Crippen molar-refractivity contribution in [3.05, 3.63) is 53.8 Å². The minimum absolute atomic E-state index is 0.107. The summed E-state index contributed by atoms with van der Waals surface area (Å²) in [6.07, 6.45) is 1.19. The maximum absolute atomic E-state index is 13.3. The molecule has 0 spiro atoms. The summed E-state index contributed by atoms with van der Waals surface area (Å²) in [5, 5.41) is 11.0. The number of carbonyl (C=O) groups excluding carboxylic acids is 1. The first kappa shape index (κ1) is 23.3. The summed E-state index contributed by atoms with van der Waals surface area (Å²) in [5.41, 5.74) is 1.98. The van der Waals surface area contributed by atoms with E-state index >= 15 is 0 Å². The fourth-order valence-electron chi connectivity index (χ4n) is 3.91. The van der Waals surface area contributed by atoms with E-state index in [1.807, 2.05) is 0 Å². The second kappa shape index (κ2) is 9.94. The molecule has 33 heavy (non-hydrogen) atoms. The molecule has 1 saturated heterocycles. The van der Waals surface area contributed by atoms with Crippen LogP contribution in [0.1, 0.15) is 18.4 Å². The lowest BCUT2D eigenvalue weighted by Crippen LogP contribution is -2.45. The summed E-state index contributed by atoms with van der Waals surface area (Å²) < 4.78 is 47.7. The van der Waals surface area contributed by atoms with Crippen molar-refractivity contribution in [2.24, 2.45) is 5.92 Å². The lowest BCUT2D eigenvalue weighted by molar-refractivity contribution is -0.126. The Bertz CT molecular complexity index is 1230. The number of nitrogens with zero attached hydrogens (tertiary/aromatic N) is 4. The molecule has 2 aromatic carbocycles. The Hall–Kier alpha value is -2.89. The van der Waals surface area contributed by atoms with Crippen LogP contribution in [0.25, 0.3) is 11.0 Å². The number of nitrogens with one attached hydrogen (secondary N) is 1. The number of hydrogen-bond donors (Lipinski definition) is 1. The second-order valence-electron chi connectivity index (χ2n) is 8.00. The molecular formula is C22H26FN5O4S. The number of rotatable bonds is 8. The highest BCUT2D eigenvalue weighted by atomic mass is 32.2. The van der Waals surface area contributed by atoms with Crippen molar-refractivity contribution in [1.29, 1.82) is 0 Å². The molecule has 1 fully saturated rings. The Kier molecular flexibility index (Phi) is 7.01. The van der Waals surface area contributed by atoms with Crippen molar-refractivity contribution in [3.8, 4) is 0 Å². The molecule has 0 saturated carbocycles. The van der Waals surface area contributed by atoms with Gasteiger partial charge in [0.2, 0.25) is 15.9 Å². The van der Waals surface area contributed by atoms with Crippen molar-refractivity contribution >= 4 is 27.0 Å². The summed E-state index contributed by atoms with van der Waals surface area (Å²) in [7, 11) is -2.19. The third-order valence-electron chi connectivity index (χ3n) is 5.77. The van der Waals surface area contributed by atoms with Crippen molar-refractivity contribution in [2.45, 2.75) is 30.8 Å². The van der Waals surface area contributed by atoms with E-state index in [1.165, 1.54) is 22.5 Å². The van der Waals surface area contributed by atoms with E-state index in [9.17, 15) is 17.6 Å². The number of aromatic nitrogens is 3. The molecule has 0 unspecified atom stereocenters. The van der Waals surface area contributed by atoms with Crippen LogP contribution in [0.2, 0.25) is 0 Å². The Labute approximate surface area is 191 Å². The monoisotopic (exact) mass is 475 g/mol. The zero-order valence-electron chi connectivity index (χ0n) is 18.3. The minimum atomic E-state index is -3.79. The molecule has 1 aliphatic heterocycles. The van der Waals surface area contributed by atoms with Gasteiger partial charge in [0.05, 0.1) is 29.5 Å². The van der Waals surface area contributed by atoms with Gasteiger partial charge < -0.3 is 10.1 Å². The fourth-order valence-corrected chi connectivity index (χ4v) is 5.46. The van der Waals surface area contributed by atoms with Crippen LogP contribution >= 0.6 is 0 Å². The van der Waals surface area contributed by atoms with Gasteiger partial charge in [0.25, 0.3) is 0 Å². The molecule has 0 bridgehead atoms. The Morgan fingerprint density at radius 3 is 2.79 bits per heavy atom. The van der Waals surface area contributed by atoms with Gasteiger partial charge in [0, 0.05) is 26.7 Å². The van der Waals surface area contributed by atoms with Crippen molar-refractivity contribution in [2.75, 3.05) is 26.8 Å². The molecule has 1 amide bonds. The van der Waals surface area contributed by atoms with Gasteiger partial charge in [-0.05, 0) is 48.7 Å². The van der Waals surface area contributed by atoms with Crippen LogP contribution in [0.3, 0.4) is 0 Å². The molecule has 9 nitrogen and oxygen atoms in total. The number of halogens is 1. The standard InChI is InChI=1S/C22H26FN5O4S/c1-32-12-11-28-21-9-8-19(13-20(21)25-26-28)33(30,31)27-10-2-3-17(15-27)22(29)24-14-16-4-6-18(23)7-5-16/h4-9,13,17H,2-3,10-12,14-15H2,1H3,(H,24,29)/t17-/m0/s1. The van der Waals surface area contributed by atoms with E-state index in [0.717, 1.165) is 11.1 Å². The van der Waals surface area contributed by atoms with Crippen LogP contribution in [0.15, 0.2) is 47.4 Å². The summed E-state index contributed by atoms with van der Waals surface area (Å²) in [5.74, 6) is -1.00. The van der Waals surface area contributed by atoms with Gasteiger partial charge in [-0.3, -0.25) is 4.79 Å². The summed E-state index contributed by atoms with van der Waals surface area (Å²) >= 11 is 0. The topological polar surface area (TPSA) is 106 Å². The van der Waals surface area contributed by atoms with Gasteiger partial charge in [0.15, 0.2) is 0 Å². The zero-order valence-corrected chi connectivity index (χ0v) is 19.1. The molecule has 3 aromatic rings. The first-order valence-electron chi connectivity index (χ1n) is 10.7. The highest BCUT2D eigenvalue weighted by molar-refractivity contribution is 7.89. The largest absolute Gasteiger partial charge is 0.383 e. The normalized spacial score (nSPS) is 17.3. The maximum Gasteiger partial charge on any atom is 0.243 e. The van der Waals surface area contributed by atoms with E-state index < -0.39 is 15.9 Å². The van der Waals surface area contributed by atoms with Crippen LogP contribution < -0.4 is 5.32 Å². The van der Waals surface area contributed by atoms with Gasteiger partial charge >= 0.3 is 0 Å². The lowest BCUT2D eigenvalue weighted by Gasteiger charge is -2.31. The first-order chi connectivity index (χ1) is 15.9. The number of hydrogen-bond acceptors (Lipinski definition) is 6. The summed E-state index contributed by atoms with van der Waals surface area (Å²) in [4.78, 5) is 12.8. The van der Waals surface area contributed by atoms with Gasteiger partial charge in [-0.25, -0.2) is 17.5 Å². The molecule has 176 valence electrons. The summed E-state index contributed by atoms with van der Waals surface area (Å²) in [6.45, 7) is 1.70. The number of piperidine rings is 1. The zero-order chi connectivity index (χ0) is 23.4. The number of ether oxygens (including phenoxy) is 1. The Morgan fingerprint density at radius 1 is 1.24 bits per heavy atom. The van der Waals surface area contributed by atoms with Gasteiger partial charge in [-0.15, -0.1) is 5.10 Å². The molecule has 11 heteroatoms. The van der Waals surface area contributed by atoms with Crippen LogP contribution in [-0.4, -0.2) is 60.4 Å². The number of fused-ring (bicyclic) bond motifs is 1. The SMILES string of the molecule is COCCn1nnc2cc(S(=O)(=O)N3CCC[C@H](C(=O)NCc4ccc(F)cc4)C3)ccc21. The highest BCUT2D eigenvalue weighted by Crippen LogP contribution is 2.26. The van der Waals surface area contributed by atoms with E-state index in [2.05, 4.69) is 15.6 Å². The minimum Gasteiger partial charge on any atom is -0.383 e. The average molecular weight is 476 g/mol. The van der Waals surface area contributed by atoms with Crippen LogP contribution in [0, 0.1) is 11.7 Å². The smallest absolute Gasteiger partial charge is 0.243 e. The number of amides is 1. The Balaban J connectivity index is 1.44. The van der Waals surface area contributed by atoms with Gasteiger partial charge in [-0.2, -0.15) is 4.31 Å². The van der Waals surface area contributed by atoms with Crippen molar-refractivity contribution in [1.82, 2.24) is 24.6 Å². The van der Waals surface area contributed by atoms with E-state index in [4.69, 9.17) is 4.74 Å². The van der Waals surface area contributed by atoms with Crippen molar-refractivity contribution in [3.63, 3.8) is 0 Å². The fraction of sp³-hybridized carbons (Fsp3) is 0.409. The number of sulfonamides is 1. The molecule has 1 aliphatic rings. The molecular weight excluding hydrogens is 449 g/mol. The second-order valence-corrected chi connectivity index (χ2v) is 9.94. The Morgan fingerprint density at radius 2 is 2.03 bits per heavy atom. The third-order valence-corrected chi connectivity index (χ3v) is 7.63. The van der Waals surface area contributed by atoms with Crippen LogP contribution in [0.4, 0.5) is 4.39 Å². The first-order valence-corrected chi connectivity index (χ1v) is 12.2. The lowest BCUT2D eigenvalue weighted by atomic mass is 9.99. The number of methoxy groups -OCH3 is 1. The van der Waals surface area contributed by atoms with Gasteiger partial charge in [-0.1, -0.05) is 17.3 Å². The molecule has 4 rings (SSSR count). The number of carbonyl (C=O) groups is 1. The maximum atomic E-state index is 13.3. The predicted octanol–water partition coefficient (Wildman–Crippen LogP) is 1.93. The molecule has 2 heterocycles. The molecule has 1 atom stereocenters.